The molecule has 0 bridgehead atoms. The predicted octanol–water partition coefficient (Wildman–Crippen LogP) is 3.30. The molecular weight excluding hydrogens is 345 g/mol. The van der Waals surface area contributed by atoms with Crippen LogP contribution >= 0.6 is 0 Å². The van der Waals surface area contributed by atoms with Gasteiger partial charge in [-0.2, -0.15) is 18.4 Å². The van der Waals surface area contributed by atoms with Gasteiger partial charge in [-0.1, -0.05) is 6.07 Å². The van der Waals surface area contributed by atoms with E-state index in [1.807, 2.05) is 0 Å². The topological polar surface area (TPSA) is 69.0 Å². The fourth-order valence-electron chi connectivity index (χ4n) is 2.92. The smallest absolute Gasteiger partial charge is 0.380 e. The van der Waals surface area contributed by atoms with E-state index in [1.165, 1.54) is 12.3 Å². The Bertz CT molecular complexity index is 846. The molecule has 1 unspecified atom stereocenters. The van der Waals surface area contributed by atoms with Gasteiger partial charge in [0, 0.05) is 31.0 Å². The van der Waals surface area contributed by atoms with Gasteiger partial charge in [-0.15, -0.1) is 0 Å². The summed E-state index contributed by atoms with van der Waals surface area (Å²) in [7, 11) is 0. The molecule has 1 N–H and O–H groups in total. The van der Waals surface area contributed by atoms with Gasteiger partial charge >= 0.3 is 6.18 Å². The zero-order valence-corrected chi connectivity index (χ0v) is 13.6. The summed E-state index contributed by atoms with van der Waals surface area (Å²) in [5.74, 6) is -0.203. The molecule has 2 aromatic rings. The number of likely N-dealkylation sites (tertiary alicyclic amines) is 1. The molecule has 2 heterocycles. The van der Waals surface area contributed by atoms with E-state index in [4.69, 9.17) is 5.26 Å². The predicted molar refractivity (Wildman–Crippen MR) is 88.3 cm³/mol. The molecule has 1 aromatic carbocycles. The van der Waals surface area contributed by atoms with E-state index in [0.29, 0.717) is 25.2 Å². The lowest BCUT2D eigenvalue weighted by Crippen LogP contribution is -2.32. The van der Waals surface area contributed by atoms with Gasteiger partial charge in [0.05, 0.1) is 17.2 Å². The highest BCUT2D eigenvalue weighted by atomic mass is 19.4. The quantitative estimate of drug-likeness (QED) is 0.912. The number of aromatic nitrogens is 1. The molecule has 5 nitrogen and oxygen atoms in total. The second-order valence-corrected chi connectivity index (χ2v) is 5.97. The van der Waals surface area contributed by atoms with Crippen molar-refractivity contribution < 1.29 is 18.0 Å². The molecule has 1 aliphatic rings. The van der Waals surface area contributed by atoms with Gasteiger partial charge in [0.1, 0.15) is 5.69 Å². The number of alkyl halides is 3. The van der Waals surface area contributed by atoms with Gasteiger partial charge in [-0.25, -0.2) is 0 Å². The number of nitrogens with one attached hydrogen (secondary N) is 1. The number of rotatable bonds is 3. The molecule has 1 aromatic heterocycles. The van der Waals surface area contributed by atoms with Crippen LogP contribution in [-0.2, 0) is 6.18 Å². The monoisotopic (exact) mass is 360 g/mol. The Morgan fingerprint density at radius 1 is 1.31 bits per heavy atom. The van der Waals surface area contributed by atoms with E-state index in [2.05, 4.69) is 10.3 Å². The van der Waals surface area contributed by atoms with Crippen molar-refractivity contribution in [3.63, 3.8) is 0 Å². The van der Waals surface area contributed by atoms with Crippen LogP contribution in [-0.4, -0.2) is 34.9 Å². The summed E-state index contributed by atoms with van der Waals surface area (Å²) in [5.41, 5.74) is -0.773. The summed E-state index contributed by atoms with van der Waals surface area (Å²) < 4.78 is 39.1. The lowest BCUT2D eigenvalue weighted by Gasteiger charge is -2.18. The van der Waals surface area contributed by atoms with Gasteiger partial charge < -0.3 is 10.2 Å². The van der Waals surface area contributed by atoms with Crippen LogP contribution < -0.4 is 5.32 Å². The molecule has 0 radical (unpaired) electrons. The zero-order valence-electron chi connectivity index (χ0n) is 13.6. The number of amides is 1. The molecule has 134 valence electrons. The van der Waals surface area contributed by atoms with Crippen LogP contribution in [0.2, 0.25) is 0 Å². The maximum atomic E-state index is 13.0. The van der Waals surface area contributed by atoms with Crippen LogP contribution in [0.15, 0.2) is 42.6 Å². The van der Waals surface area contributed by atoms with Crippen LogP contribution in [0.25, 0.3) is 0 Å². The number of benzene rings is 1. The summed E-state index contributed by atoms with van der Waals surface area (Å²) in [6.45, 7) is 0.867. The normalized spacial score (nSPS) is 17.0. The third-order valence-corrected chi connectivity index (χ3v) is 4.18. The minimum absolute atomic E-state index is 0.170. The first-order valence-electron chi connectivity index (χ1n) is 7.96. The standard InChI is InChI=1S/C18H15F3N4O/c19-18(20,21)15-9-13(5-4-12(15)10-22)24-14-6-8-25(11-14)17(26)16-3-1-2-7-23-16/h1-5,7,9,14,24H,6,8,11H2. The first-order valence-corrected chi connectivity index (χ1v) is 7.96. The fraction of sp³-hybridized carbons (Fsp3) is 0.278. The highest BCUT2D eigenvalue weighted by Crippen LogP contribution is 2.34. The summed E-state index contributed by atoms with van der Waals surface area (Å²) in [4.78, 5) is 18.0. The first-order chi connectivity index (χ1) is 12.4. The Morgan fingerprint density at radius 3 is 2.77 bits per heavy atom. The van der Waals surface area contributed by atoms with Crippen molar-refractivity contribution in [1.82, 2.24) is 9.88 Å². The average molecular weight is 360 g/mol. The van der Waals surface area contributed by atoms with Crippen LogP contribution in [0.1, 0.15) is 28.0 Å². The van der Waals surface area contributed by atoms with E-state index < -0.39 is 17.3 Å². The van der Waals surface area contributed by atoms with Crippen LogP contribution in [0.4, 0.5) is 18.9 Å². The average Bonchev–Trinajstić information content (AvgIpc) is 3.09. The SMILES string of the molecule is N#Cc1ccc(NC2CCN(C(=O)c3ccccn3)C2)cc1C(F)(F)F. The van der Waals surface area contributed by atoms with E-state index in [9.17, 15) is 18.0 Å². The molecule has 0 saturated carbocycles. The minimum atomic E-state index is -4.60. The number of halogens is 3. The van der Waals surface area contributed by atoms with Gasteiger partial charge in [0.25, 0.3) is 5.91 Å². The molecule has 0 aliphatic carbocycles. The Kier molecular flexibility index (Phi) is 4.80. The number of pyridine rings is 1. The maximum absolute atomic E-state index is 13.0. The number of hydrogen-bond acceptors (Lipinski definition) is 4. The number of carbonyl (C=O) groups is 1. The van der Waals surface area contributed by atoms with Gasteiger partial charge in [-0.3, -0.25) is 9.78 Å². The van der Waals surface area contributed by atoms with Gasteiger partial charge in [-0.05, 0) is 36.8 Å². The van der Waals surface area contributed by atoms with Crippen LogP contribution in [0.5, 0.6) is 0 Å². The van der Waals surface area contributed by atoms with Crippen molar-refractivity contribution in [1.29, 1.82) is 5.26 Å². The molecule has 1 saturated heterocycles. The van der Waals surface area contributed by atoms with Gasteiger partial charge in [0.15, 0.2) is 0 Å². The highest BCUT2D eigenvalue weighted by Gasteiger charge is 2.34. The zero-order chi connectivity index (χ0) is 18.7. The van der Waals surface area contributed by atoms with Crippen molar-refractivity contribution in [2.75, 3.05) is 18.4 Å². The van der Waals surface area contributed by atoms with Crippen molar-refractivity contribution >= 4 is 11.6 Å². The fourth-order valence-corrected chi connectivity index (χ4v) is 2.92. The van der Waals surface area contributed by atoms with Crippen molar-refractivity contribution in [3.05, 3.63) is 59.4 Å². The Morgan fingerprint density at radius 2 is 2.12 bits per heavy atom. The molecule has 1 fully saturated rings. The molecule has 0 spiro atoms. The van der Waals surface area contributed by atoms with Crippen molar-refractivity contribution in [2.45, 2.75) is 18.6 Å². The maximum Gasteiger partial charge on any atom is 0.417 e. The van der Waals surface area contributed by atoms with Crippen LogP contribution in [0, 0.1) is 11.3 Å². The first kappa shape index (κ1) is 17.7. The van der Waals surface area contributed by atoms with E-state index >= 15 is 0 Å². The molecule has 3 rings (SSSR count). The number of carbonyl (C=O) groups excluding carboxylic acids is 1. The second-order valence-electron chi connectivity index (χ2n) is 5.97. The molecule has 1 aliphatic heterocycles. The van der Waals surface area contributed by atoms with Crippen LogP contribution in [0.3, 0.4) is 0 Å². The second kappa shape index (κ2) is 7.04. The Balaban J connectivity index is 1.70. The summed E-state index contributed by atoms with van der Waals surface area (Å²) in [6.07, 6.45) is -2.45. The van der Waals surface area contributed by atoms with E-state index in [1.54, 1.807) is 29.2 Å². The lowest BCUT2D eigenvalue weighted by molar-refractivity contribution is -0.137. The van der Waals surface area contributed by atoms with Crippen molar-refractivity contribution in [3.8, 4) is 6.07 Å². The third kappa shape index (κ3) is 3.77. The van der Waals surface area contributed by atoms with E-state index in [0.717, 1.165) is 12.1 Å². The molecule has 26 heavy (non-hydrogen) atoms. The molecule has 1 amide bonds. The van der Waals surface area contributed by atoms with E-state index in [-0.39, 0.29) is 17.6 Å². The summed E-state index contributed by atoms with van der Waals surface area (Å²) in [6, 6.07) is 9.97. The third-order valence-electron chi connectivity index (χ3n) is 4.18. The largest absolute Gasteiger partial charge is 0.417 e. The Hall–Kier alpha value is -3.08. The van der Waals surface area contributed by atoms with Gasteiger partial charge in [0.2, 0.25) is 0 Å². The number of nitrogens with zero attached hydrogens (tertiary/aromatic N) is 3. The molecule has 8 heteroatoms. The Labute approximate surface area is 148 Å². The van der Waals surface area contributed by atoms with Crippen molar-refractivity contribution in [2.24, 2.45) is 0 Å². The minimum Gasteiger partial charge on any atom is -0.380 e. The molecular formula is C18H15F3N4O. The summed E-state index contributed by atoms with van der Waals surface area (Å²) in [5, 5.41) is 11.9. The number of anilines is 1. The lowest BCUT2D eigenvalue weighted by atomic mass is 10.1. The summed E-state index contributed by atoms with van der Waals surface area (Å²) >= 11 is 0. The molecule has 1 atom stereocenters. The number of nitriles is 1. The number of hydrogen-bond donors (Lipinski definition) is 1. The highest BCUT2D eigenvalue weighted by molar-refractivity contribution is 5.92.